The third kappa shape index (κ3) is 5.54. The van der Waals surface area contributed by atoms with E-state index in [-0.39, 0.29) is 29.7 Å². The first-order chi connectivity index (χ1) is 15.7. The van der Waals surface area contributed by atoms with Gasteiger partial charge in [-0.2, -0.15) is 0 Å². The molecule has 3 rings (SSSR count). The van der Waals surface area contributed by atoms with Crippen molar-refractivity contribution in [2.24, 2.45) is 0 Å². The molecule has 1 saturated heterocycles. The summed E-state index contributed by atoms with van der Waals surface area (Å²) in [5.74, 6) is 3.00. The highest BCUT2D eigenvalue weighted by Gasteiger charge is 2.41. The normalized spacial score (nSPS) is 20.8. The van der Waals surface area contributed by atoms with Crippen molar-refractivity contribution in [3.63, 3.8) is 0 Å². The molecule has 3 N–H and O–H groups in total. The van der Waals surface area contributed by atoms with Crippen molar-refractivity contribution in [2.45, 2.75) is 70.2 Å². The van der Waals surface area contributed by atoms with Gasteiger partial charge in [-0.3, -0.25) is 14.3 Å². The zero-order valence-electron chi connectivity index (χ0n) is 19.4. The molecule has 0 bridgehead atoms. The Hall–Kier alpha value is -2.48. The Labute approximate surface area is 194 Å². The highest BCUT2D eigenvalue weighted by Crippen LogP contribution is 2.34. The molecule has 2 aromatic rings. The maximum absolute atomic E-state index is 12.5. The van der Waals surface area contributed by atoms with Crippen LogP contribution in [0.1, 0.15) is 51.5 Å². The lowest BCUT2D eigenvalue weighted by Gasteiger charge is -2.33. The van der Waals surface area contributed by atoms with Gasteiger partial charge < -0.3 is 19.4 Å². The van der Waals surface area contributed by atoms with Crippen LogP contribution in [-0.4, -0.2) is 46.9 Å². The van der Waals surface area contributed by atoms with Crippen LogP contribution in [0.2, 0.25) is 11.1 Å². The smallest absolute Gasteiger partial charge is 0.330 e. The summed E-state index contributed by atoms with van der Waals surface area (Å²) in [7, 11) is -2.63. The van der Waals surface area contributed by atoms with Crippen LogP contribution in [0.5, 0.6) is 0 Å². The molecule has 0 spiro atoms. The Morgan fingerprint density at radius 2 is 1.88 bits per heavy atom. The Morgan fingerprint density at radius 3 is 2.45 bits per heavy atom. The Morgan fingerprint density at radius 1 is 1.21 bits per heavy atom. The molecule has 0 aliphatic carbocycles. The van der Waals surface area contributed by atoms with Crippen LogP contribution < -0.4 is 11.2 Å². The van der Waals surface area contributed by atoms with Crippen molar-refractivity contribution in [3.8, 4) is 11.5 Å². The second-order valence-corrected chi connectivity index (χ2v) is 13.4. The average Bonchev–Trinajstić information content (AvgIpc) is 3.15. The number of ether oxygens (including phenoxy) is 1. The first-order valence-electron chi connectivity index (χ1n) is 11.2. The lowest BCUT2D eigenvalue weighted by atomic mass is 10.2. The van der Waals surface area contributed by atoms with Gasteiger partial charge in [0, 0.05) is 12.6 Å². The molecule has 0 radical (unpaired) electrons. The molecule has 1 aromatic heterocycles. The number of H-pyrrole nitrogens is 1. The van der Waals surface area contributed by atoms with Crippen molar-refractivity contribution in [2.75, 3.05) is 6.61 Å². The van der Waals surface area contributed by atoms with Crippen LogP contribution in [0.25, 0.3) is 0 Å². The van der Waals surface area contributed by atoms with E-state index in [2.05, 4.69) is 44.1 Å². The van der Waals surface area contributed by atoms with Gasteiger partial charge in [0.1, 0.15) is 17.9 Å². The van der Waals surface area contributed by atoms with E-state index in [1.165, 1.54) is 10.8 Å². The fraction of sp³-hybridized carbons (Fsp3) is 0.500. The van der Waals surface area contributed by atoms with E-state index in [9.17, 15) is 19.8 Å². The molecule has 2 heterocycles. The standard InChI is InChI=1S/C24H32N2O6Si/c1-16(2)33(17(3)4,31-15-18-8-6-5-7-9-18)11-10-19-13-26(24(30)25-23(19)29)22-12-20(28)21(14-27)32-22/h5-9,13,16-17,20-22,27-28H,12,14-15H2,1-4H3,(H,25,29,30)/t20-,21-,22-/m1/s1. The first-order valence-corrected chi connectivity index (χ1v) is 13.2. The SMILES string of the molecule is CC(C)[Si](C#Cc1cn([C@H]2C[C@@H](O)[C@@H](CO)O2)c(=O)[nH]c1=O)(OCc1ccccc1)C(C)C. The first kappa shape index (κ1) is 25.1. The lowest BCUT2D eigenvalue weighted by Crippen LogP contribution is -2.44. The highest BCUT2D eigenvalue weighted by atomic mass is 28.4. The number of aliphatic hydroxyl groups excluding tert-OH is 2. The van der Waals surface area contributed by atoms with Gasteiger partial charge >= 0.3 is 5.69 Å². The quantitative estimate of drug-likeness (QED) is 0.420. The van der Waals surface area contributed by atoms with Crippen molar-refractivity contribution in [3.05, 3.63) is 68.5 Å². The van der Waals surface area contributed by atoms with Gasteiger partial charge in [-0.25, -0.2) is 4.79 Å². The summed E-state index contributed by atoms with van der Waals surface area (Å²) in [6.07, 6.45) is -0.990. The van der Waals surface area contributed by atoms with Crippen LogP contribution in [0.4, 0.5) is 0 Å². The molecule has 0 unspecified atom stereocenters. The van der Waals surface area contributed by atoms with Gasteiger partial charge in [0.25, 0.3) is 13.9 Å². The molecule has 1 aliphatic heterocycles. The lowest BCUT2D eigenvalue weighted by molar-refractivity contribution is -0.0459. The summed E-state index contributed by atoms with van der Waals surface area (Å²) in [4.78, 5) is 27.2. The van der Waals surface area contributed by atoms with Crippen molar-refractivity contribution < 1.29 is 19.4 Å². The van der Waals surface area contributed by atoms with Crippen molar-refractivity contribution >= 4 is 8.32 Å². The summed E-state index contributed by atoms with van der Waals surface area (Å²) in [5, 5.41) is 19.3. The zero-order chi connectivity index (χ0) is 24.2. The summed E-state index contributed by atoms with van der Waals surface area (Å²) in [6, 6.07) is 9.89. The summed E-state index contributed by atoms with van der Waals surface area (Å²) < 4.78 is 13.3. The predicted octanol–water partition coefficient (Wildman–Crippen LogP) is 2.05. The van der Waals surface area contributed by atoms with Gasteiger partial charge in [0.2, 0.25) is 0 Å². The number of hydrogen-bond donors (Lipinski definition) is 3. The van der Waals surface area contributed by atoms with Crippen molar-refractivity contribution in [1.82, 2.24) is 9.55 Å². The van der Waals surface area contributed by atoms with Crippen LogP contribution in [-0.2, 0) is 15.8 Å². The molecular formula is C24H32N2O6Si. The zero-order valence-corrected chi connectivity index (χ0v) is 20.4. The van der Waals surface area contributed by atoms with Crippen molar-refractivity contribution in [1.29, 1.82) is 0 Å². The van der Waals surface area contributed by atoms with Gasteiger partial charge in [0.15, 0.2) is 0 Å². The molecule has 33 heavy (non-hydrogen) atoms. The van der Waals surface area contributed by atoms with Crippen LogP contribution >= 0.6 is 0 Å². The second kappa shape index (κ2) is 10.6. The summed E-state index contributed by atoms with van der Waals surface area (Å²) in [6.45, 7) is 8.40. The molecular weight excluding hydrogens is 440 g/mol. The van der Waals surface area contributed by atoms with Crippen LogP contribution in [0, 0.1) is 11.5 Å². The molecule has 1 aromatic carbocycles. The predicted molar refractivity (Wildman–Crippen MR) is 127 cm³/mol. The number of aromatic nitrogens is 2. The molecule has 0 saturated carbocycles. The topological polar surface area (TPSA) is 114 Å². The maximum atomic E-state index is 12.5. The van der Waals surface area contributed by atoms with E-state index >= 15 is 0 Å². The summed E-state index contributed by atoms with van der Waals surface area (Å²) in [5.41, 5.74) is 3.60. The highest BCUT2D eigenvalue weighted by molar-refractivity contribution is 6.84. The second-order valence-electron chi connectivity index (χ2n) is 8.95. The third-order valence-electron chi connectivity index (χ3n) is 6.09. The number of benzene rings is 1. The van der Waals surface area contributed by atoms with E-state index in [1.807, 2.05) is 30.3 Å². The Balaban J connectivity index is 1.96. The van der Waals surface area contributed by atoms with Crippen LogP contribution in [0.15, 0.2) is 46.1 Å². The minimum Gasteiger partial charge on any atom is -0.400 e. The fourth-order valence-electron chi connectivity index (χ4n) is 4.11. The Kier molecular flexibility index (Phi) is 8.10. The van der Waals surface area contributed by atoms with Gasteiger partial charge in [0.05, 0.1) is 19.3 Å². The number of hydrogen-bond acceptors (Lipinski definition) is 6. The van der Waals surface area contributed by atoms with E-state index in [0.29, 0.717) is 6.61 Å². The largest absolute Gasteiger partial charge is 0.400 e. The fourth-order valence-corrected chi connectivity index (χ4v) is 7.49. The van der Waals surface area contributed by atoms with Crippen LogP contribution in [0.3, 0.4) is 0 Å². The molecule has 1 aliphatic rings. The van der Waals surface area contributed by atoms with Gasteiger partial charge in [-0.1, -0.05) is 69.5 Å². The van der Waals surface area contributed by atoms with E-state index in [1.54, 1.807) is 0 Å². The maximum Gasteiger partial charge on any atom is 0.330 e. The molecule has 178 valence electrons. The number of aromatic amines is 1. The van der Waals surface area contributed by atoms with E-state index < -0.39 is 38.0 Å². The minimum atomic E-state index is -2.63. The number of nitrogens with zero attached hydrogens (tertiary/aromatic N) is 1. The van der Waals surface area contributed by atoms with E-state index in [4.69, 9.17) is 9.16 Å². The molecule has 8 nitrogen and oxygen atoms in total. The summed E-state index contributed by atoms with van der Waals surface area (Å²) >= 11 is 0. The molecule has 9 heteroatoms. The number of rotatable bonds is 7. The van der Waals surface area contributed by atoms with Gasteiger partial charge in [-0.05, 0) is 16.6 Å². The van der Waals surface area contributed by atoms with E-state index in [0.717, 1.165) is 5.56 Å². The molecule has 1 fully saturated rings. The average molecular weight is 473 g/mol. The monoisotopic (exact) mass is 472 g/mol. The number of aliphatic hydroxyl groups is 2. The molecule has 0 amide bonds. The molecule has 3 atom stereocenters. The third-order valence-corrected chi connectivity index (χ3v) is 10.7. The minimum absolute atomic E-state index is 0.126. The Bertz CT molecular complexity index is 1110. The number of nitrogens with one attached hydrogen (secondary N) is 1. The van der Waals surface area contributed by atoms with Gasteiger partial charge in [-0.15, -0.1) is 0 Å².